The van der Waals surface area contributed by atoms with E-state index in [0.717, 1.165) is 10.6 Å². The minimum atomic E-state index is -2.75. The van der Waals surface area contributed by atoms with Gasteiger partial charge in [0.15, 0.2) is 0 Å². The van der Waals surface area contributed by atoms with Gasteiger partial charge >= 0.3 is 0 Å². The van der Waals surface area contributed by atoms with Crippen LogP contribution in [0.25, 0.3) is 11.3 Å². The van der Waals surface area contributed by atoms with Crippen LogP contribution in [0.15, 0.2) is 33.5 Å². The number of halogens is 4. The van der Waals surface area contributed by atoms with Gasteiger partial charge in [-0.3, -0.25) is 4.79 Å². The first-order chi connectivity index (χ1) is 10.4. The molecule has 3 nitrogen and oxygen atoms in total. The molecule has 121 valence electrons. The van der Waals surface area contributed by atoms with Crippen LogP contribution in [0.4, 0.5) is 13.2 Å². The Morgan fingerprint density at radius 2 is 2.09 bits per heavy atom. The number of benzene rings is 1. The molecule has 0 saturated heterocycles. The second-order valence-corrected chi connectivity index (χ2v) is 5.22. The van der Waals surface area contributed by atoms with Gasteiger partial charge in [-0.25, -0.2) is 13.2 Å². The molecule has 8 heteroatoms. The minimum absolute atomic E-state index is 0. The van der Waals surface area contributed by atoms with Crippen molar-refractivity contribution in [1.29, 1.82) is 0 Å². The zero-order valence-electron chi connectivity index (χ0n) is 12.2. The fourth-order valence-corrected chi connectivity index (χ4v) is 2.31. The molecule has 2 aromatic rings. The summed E-state index contributed by atoms with van der Waals surface area (Å²) in [5, 5.41) is 0. The predicted octanol–water partition coefficient (Wildman–Crippen LogP) is 3.88. The first-order valence-corrected chi connectivity index (χ1v) is 7.25. The molecule has 0 fully saturated rings. The third-order valence-electron chi connectivity index (χ3n) is 2.88. The van der Waals surface area contributed by atoms with E-state index >= 15 is 0 Å². The first kappa shape index (κ1) is 20.4. The van der Waals surface area contributed by atoms with Gasteiger partial charge in [0.1, 0.15) is 5.75 Å². The fraction of sp³-hybridized carbons (Fsp3) is 0.267. The molecule has 0 N–H and O–H groups in total. The van der Waals surface area contributed by atoms with Crippen LogP contribution in [0, 0.1) is 11.9 Å². The molecule has 0 saturated carbocycles. The zero-order chi connectivity index (χ0) is 16.3. The number of hydrogen-bond acceptors (Lipinski definition) is 2. The maximum atomic E-state index is 14.2. The normalized spacial score (nSPS) is 10.5. The van der Waals surface area contributed by atoms with Gasteiger partial charge in [0.05, 0.1) is 19.0 Å². The van der Waals surface area contributed by atoms with Gasteiger partial charge in [-0.15, -0.1) is 22.0 Å². The van der Waals surface area contributed by atoms with E-state index in [-0.39, 0.29) is 48.4 Å². The molecule has 0 spiro atoms. The van der Waals surface area contributed by atoms with Crippen LogP contribution in [0.2, 0.25) is 0 Å². The second kappa shape index (κ2) is 8.99. The molecule has 0 aliphatic rings. The van der Waals surface area contributed by atoms with E-state index in [4.69, 9.17) is 4.74 Å². The molecule has 1 heterocycles. The summed E-state index contributed by atoms with van der Waals surface area (Å²) in [4.78, 5) is 12.0. The molecule has 1 aromatic heterocycles. The Labute approximate surface area is 164 Å². The molecule has 1 aromatic carbocycles. The molecular weight excluding hydrogens is 452 g/mol. The number of ether oxygens (including phenoxy) is 1. The van der Waals surface area contributed by atoms with Gasteiger partial charge < -0.3 is 9.30 Å². The van der Waals surface area contributed by atoms with Gasteiger partial charge in [0.2, 0.25) is 5.56 Å². The summed E-state index contributed by atoms with van der Waals surface area (Å²) < 4.78 is 45.6. The van der Waals surface area contributed by atoms with E-state index in [2.05, 4.69) is 22.0 Å². The number of rotatable bonds is 5. The standard InChI is InChI=1S/C15H12BrF3NO2.Y/c1-2-22-9-3-4-10(12(17)7-9)13-6-5-11(16)15(21)20(13)8-14(18)19;/h3-5,7,14H,2,8H2,1H3;/q-1;. The van der Waals surface area contributed by atoms with Gasteiger partial charge in [-0.2, -0.15) is 12.1 Å². The number of pyridine rings is 1. The van der Waals surface area contributed by atoms with Crippen LogP contribution in [0.5, 0.6) is 5.75 Å². The summed E-state index contributed by atoms with van der Waals surface area (Å²) in [5.41, 5.74) is -0.690. The van der Waals surface area contributed by atoms with Crippen molar-refractivity contribution in [3.05, 3.63) is 51.0 Å². The Bertz CT molecular complexity index is 737. The van der Waals surface area contributed by atoms with Crippen molar-refractivity contribution >= 4 is 15.9 Å². The summed E-state index contributed by atoms with van der Waals surface area (Å²) in [5.74, 6) is -0.351. The largest absolute Gasteiger partial charge is 0.494 e. The van der Waals surface area contributed by atoms with Crippen molar-refractivity contribution in [3.8, 4) is 17.0 Å². The smallest absolute Gasteiger partial charge is 0.256 e. The zero-order valence-corrected chi connectivity index (χ0v) is 16.6. The molecule has 0 aliphatic heterocycles. The van der Waals surface area contributed by atoms with Crippen molar-refractivity contribution in [2.45, 2.75) is 19.9 Å². The van der Waals surface area contributed by atoms with E-state index in [9.17, 15) is 18.0 Å². The average Bonchev–Trinajstić information content (AvgIpc) is 2.45. The third-order valence-corrected chi connectivity index (χ3v) is 3.45. The summed E-state index contributed by atoms with van der Waals surface area (Å²) in [7, 11) is 0. The predicted molar refractivity (Wildman–Crippen MR) is 79.8 cm³/mol. The van der Waals surface area contributed by atoms with Crippen molar-refractivity contribution in [2.75, 3.05) is 6.61 Å². The van der Waals surface area contributed by atoms with E-state index in [0.29, 0.717) is 12.4 Å². The van der Waals surface area contributed by atoms with Crippen LogP contribution in [0.3, 0.4) is 0 Å². The second-order valence-electron chi connectivity index (χ2n) is 4.37. The number of alkyl halides is 2. The number of aromatic nitrogens is 1. The van der Waals surface area contributed by atoms with E-state index in [1.54, 1.807) is 6.92 Å². The molecule has 0 unspecified atom stereocenters. The maximum absolute atomic E-state index is 14.2. The molecule has 1 radical (unpaired) electrons. The van der Waals surface area contributed by atoms with Crippen LogP contribution in [0.1, 0.15) is 6.92 Å². The van der Waals surface area contributed by atoms with Gasteiger partial charge in [0, 0.05) is 38.8 Å². The molecule has 0 bridgehead atoms. The van der Waals surface area contributed by atoms with Gasteiger partial charge in [-0.05, 0) is 17.5 Å². The number of hydrogen-bond donors (Lipinski definition) is 0. The summed E-state index contributed by atoms with van der Waals surface area (Å²) >= 11 is 2.97. The van der Waals surface area contributed by atoms with Crippen molar-refractivity contribution in [2.24, 2.45) is 0 Å². The summed E-state index contributed by atoms with van der Waals surface area (Å²) in [6, 6.07) is 7.98. The van der Waals surface area contributed by atoms with Crippen molar-refractivity contribution < 1.29 is 50.6 Å². The van der Waals surface area contributed by atoms with Crippen LogP contribution < -0.4 is 10.3 Å². The van der Waals surface area contributed by atoms with Crippen molar-refractivity contribution in [1.82, 2.24) is 4.57 Å². The Balaban J connectivity index is 0.00000264. The van der Waals surface area contributed by atoms with Crippen LogP contribution >= 0.6 is 15.9 Å². The molecule has 23 heavy (non-hydrogen) atoms. The van der Waals surface area contributed by atoms with Crippen LogP contribution in [-0.4, -0.2) is 17.6 Å². The summed E-state index contributed by atoms with van der Waals surface area (Å²) in [6.07, 6.45) is -2.75. The Morgan fingerprint density at radius 1 is 1.39 bits per heavy atom. The van der Waals surface area contributed by atoms with Gasteiger partial charge in [0.25, 0.3) is 6.43 Å². The molecule has 0 aliphatic carbocycles. The Kier molecular flexibility index (Phi) is 7.97. The number of nitrogens with zero attached hydrogens (tertiary/aromatic N) is 1. The van der Waals surface area contributed by atoms with E-state index in [1.807, 2.05) is 0 Å². The molecule has 0 atom stereocenters. The Morgan fingerprint density at radius 3 is 2.65 bits per heavy atom. The summed E-state index contributed by atoms with van der Waals surface area (Å²) in [6.45, 7) is 1.30. The maximum Gasteiger partial charge on any atom is 0.256 e. The molecule has 2 rings (SSSR count). The fourth-order valence-electron chi connectivity index (χ4n) is 1.98. The molecule has 0 amide bonds. The monoisotopic (exact) mass is 463 g/mol. The quantitative estimate of drug-likeness (QED) is 0.630. The average molecular weight is 464 g/mol. The van der Waals surface area contributed by atoms with E-state index in [1.165, 1.54) is 18.2 Å². The van der Waals surface area contributed by atoms with Crippen LogP contribution in [-0.2, 0) is 39.3 Å². The van der Waals surface area contributed by atoms with E-state index < -0.39 is 24.3 Å². The SMILES string of the molecule is CCOc1ccc(-c2[c-]cc(Br)c(=O)n2CC(F)F)c(F)c1.[Y]. The molecular formula is C15H12BrF3NO2Y-. The minimum Gasteiger partial charge on any atom is -0.494 e. The van der Waals surface area contributed by atoms with Gasteiger partial charge in [-0.1, -0.05) is 11.3 Å². The topological polar surface area (TPSA) is 31.2 Å². The van der Waals surface area contributed by atoms with Crippen molar-refractivity contribution in [3.63, 3.8) is 0 Å². The first-order valence-electron chi connectivity index (χ1n) is 6.46. The Hall–Kier alpha value is -0.656. The third kappa shape index (κ3) is 4.91.